The smallest absolute Gasteiger partial charge is 0.208 e. The standard InChI is InChI=1S/C17H22ClN3/c1-12-8-9-15(18)16(10-12)21-11-13(2)19-17(21)20-14-6-4-3-5-7-14/h8-11,14H,3-7H2,1-2H3,(H,19,20). The topological polar surface area (TPSA) is 29.9 Å². The molecule has 1 aliphatic rings. The molecule has 1 fully saturated rings. The lowest BCUT2D eigenvalue weighted by molar-refractivity contribution is 0.460. The van der Waals surface area contributed by atoms with Gasteiger partial charge in [0.15, 0.2) is 0 Å². The molecule has 0 atom stereocenters. The summed E-state index contributed by atoms with van der Waals surface area (Å²) in [5.74, 6) is 0.909. The Balaban J connectivity index is 1.93. The van der Waals surface area contributed by atoms with Crippen LogP contribution in [0.4, 0.5) is 5.95 Å². The Bertz CT molecular complexity index is 627. The maximum atomic E-state index is 6.38. The predicted octanol–water partition coefficient (Wildman–Crippen LogP) is 4.89. The van der Waals surface area contributed by atoms with Gasteiger partial charge in [-0.05, 0) is 44.4 Å². The number of aromatic nitrogens is 2. The van der Waals surface area contributed by atoms with Crippen LogP contribution in [-0.2, 0) is 0 Å². The fourth-order valence-electron chi connectivity index (χ4n) is 3.02. The highest BCUT2D eigenvalue weighted by atomic mass is 35.5. The number of aryl methyl sites for hydroxylation is 2. The molecule has 3 nitrogen and oxygen atoms in total. The number of benzene rings is 1. The van der Waals surface area contributed by atoms with E-state index in [1.165, 1.54) is 37.7 Å². The normalized spacial score (nSPS) is 16.1. The molecule has 0 bridgehead atoms. The minimum atomic E-state index is 0.530. The van der Waals surface area contributed by atoms with E-state index in [9.17, 15) is 0 Å². The van der Waals surface area contributed by atoms with Gasteiger partial charge in [0.2, 0.25) is 5.95 Å². The van der Waals surface area contributed by atoms with Crippen molar-refractivity contribution in [3.8, 4) is 5.69 Å². The molecule has 0 aliphatic heterocycles. The van der Waals surface area contributed by atoms with Gasteiger partial charge in [-0.1, -0.05) is 36.9 Å². The number of anilines is 1. The molecule has 3 rings (SSSR count). The SMILES string of the molecule is Cc1ccc(Cl)c(-n2cc(C)nc2NC2CCCCC2)c1. The van der Waals surface area contributed by atoms with Gasteiger partial charge in [-0.25, -0.2) is 4.98 Å². The molecule has 2 aromatic rings. The van der Waals surface area contributed by atoms with Gasteiger partial charge in [-0.15, -0.1) is 0 Å². The molecule has 0 amide bonds. The molecule has 0 radical (unpaired) electrons. The number of nitrogens with zero attached hydrogens (tertiary/aromatic N) is 2. The van der Waals surface area contributed by atoms with E-state index in [1.807, 2.05) is 25.3 Å². The van der Waals surface area contributed by atoms with Crippen LogP contribution in [0.1, 0.15) is 43.4 Å². The first kappa shape index (κ1) is 14.5. The first-order chi connectivity index (χ1) is 10.1. The van der Waals surface area contributed by atoms with Crippen LogP contribution in [-0.4, -0.2) is 15.6 Å². The largest absolute Gasteiger partial charge is 0.353 e. The molecule has 0 spiro atoms. The van der Waals surface area contributed by atoms with E-state index in [-0.39, 0.29) is 0 Å². The Labute approximate surface area is 131 Å². The van der Waals surface area contributed by atoms with E-state index in [0.29, 0.717) is 6.04 Å². The molecular formula is C17H22ClN3. The van der Waals surface area contributed by atoms with Crippen molar-refractivity contribution < 1.29 is 0 Å². The van der Waals surface area contributed by atoms with E-state index in [1.54, 1.807) is 0 Å². The predicted molar refractivity (Wildman–Crippen MR) is 88.5 cm³/mol. The Morgan fingerprint density at radius 3 is 2.71 bits per heavy atom. The lowest BCUT2D eigenvalue weighted by atomic mass is 9.96. The van der Waals surface area contributed by atoms with Crippen molar-refractivity contribution in [3.63, 3.8) is 0 Å². The van der Waals surface area contributed by atoms with Crippen LogP contribution in [0.5, 0.6) is 0 Å². The zero-order valence-corrected chi connectivity index (χ0v) is 13.5. The molecule has 1 aliphatic carbocycles. The van der Waals surface area contributed by atoms with Crippen molar-refractivity contribution in [2.75, 3.05) is 5.32 Å². The van der Waals surface area contributed by atoms with E-state index >= 15 is 0 Å². The van der Waals surface area contributed by atoms with Crippen molar-refractivity contribution in [2.24, 2.45) is 0 Å². The summed E-state index contributed by atoms with van der Waals surface area (Å²) < 4.78 is 2.08. The summed E-state index contributed by atoms with van der Waals surface area (Å²) in [6.45, 7) is 4.10. The van der Waals surface area contributed by atoms with Gasteiger partial charge in [0, 0.05) is 12.2 Å². The second-order valence-electron chi connectivity index (χ2n) is 6.01. The van der Waals surface area contributed by atoms with Crippen molar-refractivity contribution in [3.05, 3.63) is 40.7 Å². The third-order valence-corrected chi connectivity index (χ3v) is 4.45. The van der Waals surface area contributed by atoms with Gasteiger partial charge < -0.3 is 5.32 Å². The fraction of sp³-hybridized carbons (Fsp3) is 0.471. The molecule has 21 heavy (non-hydrogen) atoms. The number of rotatable bonds is 3. The zero-order valence-electron chi connectivity index (χ0n) is 12.7. The summed E-state index contributed by atoms with van der Waals surface area (Å²) in [6.07, 6.45) is 8.48. The van der Waals surface area contributed by atoms with Crippen molar-refractivity contribution in [1.29, 1.82) is 0 Å². The molecule has 1 aromatic carbocycles. The first-order valence-corrected chi connectivity index (χ1v) is 8.10. The van der Waals surface area contributed by atoms with Crippen LogP contribution in [0.15, 0.2) is 24.4 Å². The summed E-state index contributed by atoms with van der Waals surface area (Å²) >= 11 is 6.38. The summed E-state index contributed by atoms with van der Waals surface area (Å²) in [5.41, 5.74) is 3.20. The lowest BCUT2D eigenvalue weighted by Crippen LogP contribution is -2.24. The molecule has 1 heterocycles. The molecular weight excluding hydrogens is 282 g/mol. The van der Waals surface area contributed by atoms with E-state index < -0.39 is 0 Å². The van der Waals surface area contributed by atoms with Crippen molar-refractivity contribution in [1.82, 2.24) is 9.55 Å². The maximum absolute atomic E-state index is 6.38. The Hall–Kier alpha value is -1.48. The van der Waals surface area contributed by atoms with Crippen LogP contribution >= 0.6 is 11.6 Å². The zero-order chi connectivity index (χ0) is 14.8. The van der Waals surface area contributed by atoms with E-state index in [0.717, 1.165) is 22.4 Å². The fourth-order valence-corrected chi connectivity index (χ4v) is 3.23. The molecule has 1 saturated carbocycles. The lowest BCUT2D eigenvalue weighted by Gasteiger charge is -2.23. The summed E-state index contributed by atoms with van der Waals surface area (Å²) in [5, 5.41) is 4.36. The molecule has 112 valence electrons. The maximum Gasteiger partial charge on any atom is 0.208 e. The Morgan fingerprint density at radius 1 is 1.19 bits per heavy atom. The monoisotopic (exact) mass is 303 g/mol. The van der Waals surface area contributed by atoms with Crippen LogP contribution in [0, 0.1) is 13.8 Å². The van der Waals surface area contributed by atoms with Gasteiger partial charge in [0.1, 0.15) is 0 Å². The number of hydrogen-bond acceptors (Lipinski definition) is 2. The van der Waals surface area contributed by atoms with Crippen LogP contribution in [0.3, 0.4) is 0 Å². The number of nitrogens with one attached hydrogen (secondary N) is 1. The summed E-state index contributed by atoms with van der Waals surface area (Å²) in [6, 6.07) is 6.62. The molecule has 0 saturated heterocycles. The Kier molecular flexibility index (Phi) is 4.20. The van der Waals surface area contributed by atoms with Gasteiger partial charge >= 0.3 is 0 Å². The first-order valence-electron chi connectivity index (χ1n) is 7.72. The molecule has 0 unspecified atom stereocenters. The van der Waals surface area contributed by atoms with Crippen molar-refractivity contribution >= 4 is 17.5 Å². The second-order valence-corrected chi connectivity index (χ2v) is 6.42. The molecule has 1 N–H and O–H groups in total. The van der Waals surface area contributed by atoms with Gasteiger partial charge in [-0.2, -0.15) is 0 Å². The van der Waals surface area contributed by atoms with E-state index in [4.69, 9.17) is 11.6 Å². The number of imidazole rings is 1. The average molecular weight is 304 g/mol. The van der Waals surface area contributed by atoms with Gasteiger partial charge in [-0.3, -0.25) is 4.57 Å². The highest BCUT2D eigenvalue weighted by Gasteiger charge is 2.17. The summed E-state index contributed by atoms with van der Waals surface area (Å²) in [4.78, 5) is 4.65. The minimum Gasteiger partial charge on any atom is -0.353 e. The average Bonchev–Trinajstić information content (AvgIpc) is 2.83. The second kappa shape index (κ2) is 6.10. The summed E-state index contributed by atoms with van der Waals surface area (Å²) in [7, 11) is 0. The van der Waals surface area contributed by atoms with Gasteiger partial charge in [0.25, 0.3) is 0 Å². The highest BCUT2D eigenvalue weighted by molar-refractivity contribution is 6.32. The Morgan fingerprint density at radius 2 is 1.95 bits per heavy atom. The minimum absolute atomic E-state index is 0.530. The third kappa shape index (κ3) is 3.24. The molecule has 1 aromatic heterocycles. The number of hydrogen-bond donors (Lipinski definition) is 1. The van der Waals surface area contributed by atoms with Crippen LogP contribution < -0.4 is 5.32 Å². The van der Waals surface area contributed by atoms with Gasteiger partial charge in [0.05, 0.1) is 16.4 Å². The highest BCUT2D eigenvalue weighted by Crippen LogP contribution is 2.27. The number of halogens is 1. The third-order valence-electron chi connectivity index (χ3n) is 4.13. The van der Waals surface area contributed by atoms with E-state index in [2.05, 4.69) is 27.9 Å². The van der Waals surface area contributed by atoms with Crippen LogP contribution in [0.2, 0.25) is 5.02 Å². The molecule has 4 heteroatoms. The van der Waals surface area contributed by atoms with Crippen LogP contribution in [0.25, 0.3) is 5.69 Å². The van der Waals surface area contributed by atoms with Crippen molar-refractivity contribution in [2.45, 2.75) is 52.0 Å². The quantitative estimate of drug-likeness (QED) is 0.875.